The van der Waals surface area contributed by atoms with Gasteiger partial charge in [-0.25, -0.2) is 0 Å². The van der Waals surface area contributed by atoms with Crippen LogP contribution in [-0.4, -0.2) is 49.1 Å². The van der Waals surface area contributed by atoms with Crippen LogP contribution in [0.2, 0.25) is 0 Å². The third-order valence-electron chi connectivity index (χ3n) is 8.83. The Morgan fingerprint density at radius 2 is 1.39 bits per heavy atom. The highest BCUT2D eigenvalue weighted by Gasteiger charge is 2.27. The number of likely N-dealkylation sites (tertiary alicyclic amines) is 2. The molecule has 0 aromatic heterocycles. The normalized spacial score (nSPS) is 22.9. The van der Waals surface area contributed by atoms with E-state index in [0.29, 0.717) is 6.04 Å². The first-order valence-electron chi connectivity index (χ1n) is 15.3. The number of fused-ring (bicyclic) bond motifs is 1. The molecule has 0 spiro atoms. The minimum Gasteiger partial charge on any atom is -0.303 e. The minimum atomic E-state index is 0.653. The van der Waals surface area contributed by atoms with Gasteiger partial charge in [0.15, 0.2) is 0 Å². The molecule has 2 atom stereocenters. The molecule has 2 aliphatic heterocycles. The summed E-state index contributed by atoms with van der Waals surface area (Å²) in [6, 6.07) is 18.0. The van der Waals surface area contributed by atoms with Crippen molar-refractivity contribution in [3.8, 4) is 0 Å². The molecule has 2 heteroatoms. The Hall–Kier alpha value is -2.42. The quantitative estimate of drug-likeness (QED) is 0.399. The predicted molar refractivity (Wildman–Crippen MR) is 167 cm³/mol. The summed E-state index contributed by atoms with van der Waals surface area (Å²) in [6.07, 6.45) is 17.0. The van der Waals surface area contributed by atoms with Gasteiger partial charge in [0, 0.05) is 12.1 Å². The fourth-order valence-corrected chi connectivity index (χ4v) is 6.66. The number of hydrogen-bond donors (Lipinski definition) is 0. The van der Waals surface area contributed by atoms with Crippen LogP contribution in [0.5, 0.6) is 0 Å². The molecule has 0 saturated carbocycles. The summed E-state index contributed by atoms with van der Waals surface area (Å²) in [5.74, 6) is 0. The molecule has 2 aliphatic carbocycles. The topological polar surface area (TPSA) is 6.48 Å². The van der Waals surface area contributed by atoms with Crippen LogP contribution in [-0.2, 0) is 19.3 Å². The van der Waals surface area contributed by atoms with Crippen molar-refractivity contribution in [1.82, 2.24) is 9.80 Å². The Morgan fingerprint density at radius 1 is 0.711 bits per heavy atom. The summed E-state index contributed by atoms with van der Waals surface area (Å²) in [5, 5.41) is 0. The second kappa shape index (κ2) is 13.6. The Bertz CT molecular complexity index is 1150. The summed E-state index contributed by atoms with van der Waals surface area (Å²) < 4.78 is 0. The van der Waals surface area contributed by atoms with E-state index >= 15 is 0 Å². The lowest BCUT2D eigenvalue weighted by atomic mass is 9.86. The molecule has 2 aromatic rings. The highest BCUT2D eigenvalue weighted by atomic mass is 15.1. The van der Waals surface area contributed by atoms with Gasteiger partial charge in [0.1, 0.15) is 0 Å². The number of rotatable bonds is 5. The van der Waals surface area contributed by atoms with Crippen molar-refractivity contribution in [1.29, 1.82) is 0 Å². The van der Waals surface area contributed by atoms with Gasteiger partial charge in [0.25, 0.3) is 0 Å². The van der Waals surface area contributed by atoms with E-state index in [1.165, 1.54) is 84.2 Å². The molecule has 4 aliphatic rings. The molecule has 0 bridgehead atoms. The van der Waals surface area contributed by atoms with Crippen molar-refractivity contribution in [3.05, 3.63) is 94.1 Å². The van der Waals surface area contributed by atoms with Gasteiger partial charge in [-0.2, -0.15) is 0 Å². The maximum absolute atomic E-state index is 2.53. The van der Waals surface area contributed by atoms with Gasteiger partial charge >= 0.3 is 0 Å². The van der Waals surface area contributed by atoms with Crippen molar-refractivity contribution in [2.45, 2.75) is 91.1 Å². The zero-order valence-corrected chi connectivity index (χ0v) is 24.9. The van der Waals surface area contributed by atoms with Crippen molar-refractivity contribution in [2.75, 3.05) is 27.2 Å². The second-order valence-corrected chi connectivity index (χ2v) is 11.0. The zero-order valence-electron chi connectivity index (χ0n) is 24.9. The molecule has 38 heavy (non-hydrogen) atoms. The highest BCUT2D eigenvalue weighted by molar-refractivity contribution is 5.76. The first-order valence-corrected chi connectivity index (χ1v) is 15.3. The molecule has 2 fully saturated rings. The van der Waals surface area contributed by atoms with E-state index in [1.807, 2.05) is 27.7 Å². The van der Waals surface area contributed by atoms with Gasteiger partial charge in [-0.05, 0) is 123 Å². The lowest BCUT2D eigenvalue weighted by molar-refractivity contribution is 0.309. The second-order valence-electron chi connectivity index (χ2n) is 11.0. The van der Waals surface area contributed by atoms with E-state index < -0.39 is 0 Å². The number of likely N-dealkylation sites (N-methyl/N-ethyl adjacent to an activating group) is 2. The summed E-state index contributed by atoms with van der Waals surface area (Å²) in [5.41, 5.74) is 11.9. The van der Waals surface area contributed by atoms with E-state index in [4.69, 9.17) is 0 Å². The van der Waals surface area contributed by atoms with Crippen LogP contribution in [0.4, 0.5) is 0 Å². The van der Waals surface area contributed by atoms with Crippen LogP contribution in [0.15, 0.2) is 66.3 Å². The monoisotopic (exact) mass is 510 g/mol. The van der Waals surface area contributed by atoms with Gasteiger partial charge in [0.2, 0.25) is 0 Å². The number of allylic oxidation sites excluding steroid dienone is 5. The first kappa shape index (κ1) is 28.6. The van der Waals surface area contributed by atoms with Crippen LogP contribution in [0.25, 0.3) is 11.1 Å². The molecule has 0 radical (unpaired) electrons. The lowest BCUT2D eigenvalue weighted by Gasteiger charge is -2.22. The Morgan fingerprint density at radius 3 is 2.05 bits per heavy atom. The SMILES string of the molecule is CC.CC.CN1CCCC1Cc1ccc2c(c1)CC=C(c1ccc(C3=CC=C(C4CCCN4C)C3)cc1)C2. The highest BCUT2D eigenvalue weighted by Crippen LogP contribution is 2.36. The van der Waals surface area contributed by atoms with Gasteiger partial charge in [-0.3, -0.25) is 4.90 Å². The number of benzene rings is 2. The van der Waals surface area contributed by atoms with Crippen LogP contribution in [0.3, 0.4) is 0 Å². The molecule has 0 N–H and O–H groups in total. The molecule has 204 valence electrons. The standard InChI is InChI=1S/C32H38N2.2C2H6/c1-33-17-3-5-31(33)20-23-7-8-29-21-27(14-13-26(29)19-23)24-9-11-25(12-10-24)28-15-16-30(22-28)32-6-4-18-34(32)2;2*1-2/h7-12,14-16,19,31-32H,3-6,13,17-18,20-22H2,1-2H3;2*1-2H3. The molecule has 2 heterocycles. The maximum atomic E-state index is 2.53. The Balaban J connectivity index is 0.000000804. The lowest BCUT2D eigenvalue weighted by Crippen LogP contribution is -2.26. The molecule has 2 unspecified atom stereocenters. The third-order valence-corrected chi connectivity index (χ3v) is 8.83. The van der Waals surface area contributed by atoms with Gasteiger partial charge in [-0.1, -0.05) is 88.4 Å². The number of hydrogen-bond acceptors (Lipinski definition) is 2. The predicted octanol–water partition coefficient (Wildman–Crippen LogP) is 8.37. The molecule has 6 rings (SSSR count). The Kier molecular flexibility index (Phi) is 10.2. The average molecular weight is 511 g/mol. The molecular formula is C36H50N2. The van der Waals surface area contributed by atoms with Crippen molar-refractivity contribution in [3.63, 3.8) is 0 Å². The molecule has 2 aromatic carbocycles. The first-order chi connectivity index (χ1) is 18.6. The minimum absolute atomic E-state index is 0.653. The third kappa shape index (κ3) is 6.41. The van der Waals surface area contributed by atoms with E-state index in [2.05, 4.69) is 84.6 Å². The molecule has 2 nitrogen and oxygen atoms in total. The van der Waals surface area contributed by atoms with Crippen LogP contribution in [0.1, 0.15) is 87.6 Å². The zero-order chi connectivity index (χ0) is 27.1. The van der Waals surface area contributed by atoms with Gasteiger partial charge in [-0.15, -0.1) is 0 Å². The van der Waals surface area contributed by atoms with Crippen molar-refractivity contribution >= 4 is 11.1 Å². The van der Waals surface area contributed by atoms with E-state index in [0.717, 1.165) is 25.3 Å². The van der Waals surface area contributed by atoms with E-state index in [1.54, 1.807) is 5.57 Å². The van der Waals surface area contributed by atoms with E-state index in [9.17, 15) is 0 Å². The molecular weight excluding hydrogens is 460 g/mol. The average Bonchev–Trinajstić information content (AvgIpc) is 3.72. The maximum Gasteiger partial charge on any atom is 0.0311 e. The van der Waals surface area contributed by atoms with Crippen molar-refractivity contribution in [2.24, 2.45) is 0 Å². The Labute approximate surface area is 233 Å². The van der Waals surface area contributed by atoms with Crippen LogP contribution >= 0.6 is 0 Å². The van der Waals surface area contributed by atoms with Gasteiger partial charge < -0.3 is 4.90 Å². The molecule has 0 amide bonds. The fourth-order valence-electron chi connectivity index (χ4n) is 6.66. The smallest absolute Gasteiger partial charge is 0.0311 e. The largest absolute Gasteiger partial charge is 0.303 e. The van der Waals surface area contributed by atoms with Crippen LogP contribution < -0.4 is 0 Å². The van der Waals surface area contributed by atoms with E-state index in [-0.39, 0.29) is 0 Å². The summed E-state index contributed by atoms with van der Waals surface area (Å²) in [6.45, 7) is 10.5. The summed E-state index contributed by atoms with van der Waals surface area (Å²) in [4.78, 5) is 5.06. The summed E-state index contributed by atoms with van der Waals surface area (Å²) >= 11 is 0. The van der Waals surface area contributed by atoms with Gasteiger partial charge in [0.05, 0.1) is 0 Å². The van der Waals surface area contributed by atoms with Crippen molar-refractivity contribution < 1.29 is 0 Å². The summed E-state index contributed by atoms with van der Waals surface area (Å²) in [7, 11) is 4.56. The molecule has 2 saturated heterocycles. The number of nitrogens with zero attached hydrogens (tertiary/aromatic N) is 2. The fraction of sp³-hybridized carbons (Fsp3) is 0.500. The van der Waals surface area contributed by atoms with Crippen LogP contribution in [0, 0.1) is 0 Å².